The van der Waals surface area contributed by atoms with Crippen LogP contribution >= 0.6 is 0 Å². The standard InChI is InChI=1S/C23H16F3NO5/c24-23(25,26)32-20-11-13(9-10-18(20)21(28)29)27-22(30)31-12-19-16-7-3-1-5-14(16)15-6-2-4-8-17(15)19/h1-11,19H,12H2,(H,27,30)(H,28,29). The first-order valence-electron chi connectivity index (χ1n) is 9.48. The second-order valence-electron chi connectivity index (χ2n) is 7.01. The van der Waals surface area contributed by atoms with Crippen molar-refractivity contribution in [3.05, 3.63) is 83.4 Å². The molecular formula is C23H16F3NO5. The van der Waals surface area contributed by atoms with Gasteiger partial charge in [0.25, 0.3) is 0 Å². The van der Waals surface area contributed by atoms with Gasteiger partial charge in [-0.05, 0) is 34.4 Å². The molecule has 0 radical (unpaired) electrons. The summed E-state index contributed by atoms with van der Waals surface area (Å²) in [6.45, 7) is 0.0129. The number of hydrogen-bond donors (Lipinski definition) is 2. The van der Waals surface area contributed by atoms with E-state index in [0.29, 0.717) is 0 Å². The first-order chi connectivity index (χ1) is 15.2. The Morgan fingerprint density at radius 1 is 0.938 bits per heavy atom. The largest absolute Gasteiger partial charge is 0.573 e. The highest BCUT2D eigenvalue weighted by Gasteiger charge is 2.33. The number of rotatable bonds is 5. The summed E-state index contributed by atoms with van der Waals surface area (Å²) < 4.78 is 46.9. The molecule has 3 aromatic rings. The molecule has 0 fully saturated rings. The van der Waals surface area contributed by atoms with Gasteiger partial charge in [-0.1, -0.05) is 48.5 Å². The second-order valence-corrected chi connectivity index (χ2v) is 7.01. The van der Waals surface area contributed by atoms with Crippen LogP contribution in [0.1, 0.15) is 27.4 Å². The summed E-state index contributed by atoms with van der Waals surface area (Å²) in [7, 11) is 0. The number of alkyl halides is 3. The predicted octanol–water partition coefficient (Wildman–Crippen LogP) is 5.64. The lowest BCUT2D eigenvalue weighted by atomic mass is 9.98. The fraction of sp³-hybridized carbons (Fsp3) is 0.130. The average Bonchev–Trinajstić information content (AvgIpc) is 3.05. The summed E-state index contributed by atoms with van der Waals surface area (Å²) in [6.07, 6.45) is -5.99. The summed E-state index contributed by atoms with van der Waals surface area (Å²) >= 11 is 0. The summed E-state index contributed by atoms with van der Waals surface area (Å²) in [5.41, 5.74) is 3.32. The summed E-state index contributed by atoms with van der Waals surface area (Å²) in [4.78, 5) is 23.4. The fourth-order valence-electron chi connectivity index (χ4n) is 3.74. The molecule has 0 heterocycles. The number of anilines is 1. The summed E-state index contributed by atoms with van der Waals surface area (Å²) in [5.74, 6) is -2.73. The minimum Gasteiger partial charge on any atom is -0.478 e. The maximum atomic E-state index is 12.6. The highest BCUT2D eigenvalue weighted by Crippen LogP contribution is 2.44. The van der Waals surface area contributed by atoms with Crippen LogP contribution < -0.4 is 10.1 Å². The molecule has 0 aliphatic heterocycles. The first kappa shape index (κ1) is 21.2. The van der Waals surface area contributed by atoms with E-state index in [1.807, 2.05) is 48.5 Å². The van der Waals surface area contributed by atoms with Gasteiger partial charge in [-0.25, -0.2) is 9.59 Å². The molecule has 32 heavy (non-hydrogen) atoms. The van der Waals surface area contributed by atoms with E-state index in [-0.39, 0.29) is 18.2 Å². The first-order valence-corrected chi connectivity index (χ1v) is 9.48. The molecule has 0 bridgehead atoms. The van der Waals surface area contributed by atoms with Gasteiger partial charge in [-0.3, -0.25) is 5.32 Å². The number of carboxylic acid groups (broad SMARTS) is 1. The number of carbonyl (C=O) groups is 2. The number of fused-ring (bicyclic) bond motifs is 3. The van der Waals surface area contributed by atoms with Crippen molar-refractivity contribution in [1.29, 1.82) is 0 Å². The number of nitrogens with one attached hydrogen (secondary N) is 1. The highest BCUT2D eigenvalue weighted by atomic mass is 19.4. The van der Waals surface area contributed by atoms with Crippen LogP contribution in [0.25, 0.3) is 11.1 Å². The van der Waals surface area contributed by atoms with Gasteiger partial charge >= 0.3 is 18.4 Å². The van der Waals surface area contributed by atoms with Crippen LogP contribution in [0.3, 0.4) is 0 Å². The molecule has 0 saturated heterocycles. The molecular weight excluding hydrogens is 427 g/mol. The van der Waals surface area contributed by atoms with Crippen molar-refractivity contribution in [1.82, 2.24) is 0 Å². The van der Waals surface area contributed by atoms with Crippen LogP contribution in [0.15, 0.2) is 66.7 Å². The van der Waals surface area contributed by atoms with Crippen LogP contribution in [0, 0.1) is 0 Å². The molecule has 3 aromatic carbocycles. The molecule has 0 spiro atoms. The molecule has 4 rings (SSSR count). The number of carboxylic acids is 1. The molecule has 1 aliphatic rings. The Kier molecular flexibility index (Phi) is 5.48. The number of benzene rings is 3. The molecule has 1 aliphatic carbocycles. The van der Waals surface area contributed by atoms with Crippen LogP contribution in [-0.4, -0.2) is 30.1 Å². The highest BCUT2D eigenvalue weighted by molar-refractivity contribution is 5.93. The summed E-state index contributed by atoms with van der Waals surface area (Å²) in [5, 5.41) is 11.3. The van der Waals surface area contributed by atoms with E-state index in [1.54, 1.807) is 0 Å². The maximum absolute atomic E-state index is 12.6. The number of halogens is 3. The van der Waals surface area contributed by atoms with Crippen LogP contribution in [0.2, 0.25) is 0 Å². The third kappa shape index (κ3) is 4.36. The Bertz CT molecular complexity index is 1150. The van der Waals surface area contributed by atoms with Crippen molar-refractivity contribution < 1.29 is 37.3 Å². The zero-order valence-corrected chi connectivity index (χ0v) is 16.3. The average molecular weight is 443 g/mol. The van der Waals surface area contributed by atoms with E-state index < -0.39 is 29.7 Å². The second kappa shape index (κ2) is 8.26. The normalized spacial score (nSPS) is 12.6. The number of aromatic carboxylic acids is 1. The molecule has 0 atom stereocenters. The van der Waals surface area contributed by atoms with Crippen molar-refractivity contribution in [3.8, 4) is 16.9 Å². The zero-order chi connectivity index (χ0) is 22.9. The molecule has 1 amide bonds. The zero-order valence-electron chi connectivity index (χ0n) is 16.3. The molecule has 0 aromatic heterocycles. The Morgan fingerprint density at radius 2 is 1.53 bits per heavy atom. The molecule has 164 valence electrons. The van der Waals surface area contributed by atoms with Gasteiger partial charge in [-0.15, -0.1) is 13.2 Å². The van der Waals surface area contributed by atoms with Crippen molar-refractivity contribution >= 4 is 17.7 Å². The Balaban J connectivity index is 1.48. The van der Waals surface area contributed by atoms with Gasteiger partial charge in [0.15, 0.2) is 0 Å². The van der Waals surface area contributed by atoms with Gasteiger partial charge in [-0.2, -0.15) is 0 Å². The quantitative estimate of drug-likeness (QED) is 0.533. The topological polar surface area (TPSA) is 84.9 Å². The van der Waals surface area contributed by atoms with E-state index in [4.69, 9.17) is 9.84 Å². The van der Waals surface area contributed by atoms with E-state index in [9.17, 15) is 22.8 Å². The summed E-state index contributed by atoms with van der Waals surface area (Å²) in [6, 6.07) is 18.3. The Morgan fingerprint density at radius 3 is 2.09 bits per heavy atom. The molecule has 0 saturated carbocycles. The van der Waals surface area contributed by atoms with E-state index in [2.05, 4.69) is 10.1 Å². The molecule has 0 unspecified atom stereocenters. The van der Waals surface area contributed by atoms with E-state index in [0.717, 1.165) is 40.5 Å². The van der Waals surface area contributed by atoms with Crippen molar-refractivity contribution in [2.75, 3.05) is 11.9 Å². The Labute approximate surface area is 180 Å². The maximum Gasteiger partial charge on any atom is 0.573 e. The van der Waals surface area contributed by atoms with Gasteiger partial charge in [0.2, 0.25) is 0 Å². The molecule has 9 heteroatoms. The molecule has 6 nitrogen and oxygen atoms in total. The fourth-order valence-corrected chi connectivity index (χ4v) is 3.74. The van der Waals surface area contributed by atoms with Gasteiger partial charge in [0.1, 0.15) is 17.9 Å². The lowest BCUT2D eigenvalue weighted by Crippen LogP contribution is -2.20. The minimum absolute atomic E-state index is 0.0129. The number of ether oxygens (including phenoxy) is 2. The van der Waals surface area contributed by atoms with Gasteiger partial charge in [0, 0.05) is 17.7 Å². The lowest BCUT2D eigenvalue weighted by Gasteiger charge is -2.15. The molecule has 2 N–H and O–H groups in total. The van der Waals surface area contributed by atoms with Crippen molar-refractivity contribution in [2.24, 2.45) is 0 Å². The van der Waals surface area contributed by atoms with Crippen molar-refractivity contribution in [3.63, 3.8) is 0 Å². The lowest BCUT2D eigenvalue weighted by molar-refractivity contribution is -0.274. The Hall–Kier alpha value is -4.01. The van der Waals surface area contributed by atoms with Gasteiger partial charge < -0.3 is 14.6 Å². The van der Waals surface area contributed by atoms with Crippen LogP contribution in [-0.2, 0) is 4.74 Å². The monoisotopic (exact) mass is 443 g/mol. The number of carbonyl (C=O) groups excluding carboxylic acids is 1. The van der Waals surface area contributed by atoms with Crippen LogP contribution in [0.4, 0.5) is 23.7 Å². The van der Waals surface area contributed by atoms with Crippen molar-refractivity contribution in [2.45, 2.75) is 12.3 Å². The predicted molar refractivity (Wildman–Crippen MR) is 109 cm³/mol. The minimum atomic E-state index is -5.09. The smallest absolute Gasteiger partial charge is 0.478 e. The van der Waals surface area contributed by atoms with Gasteiger partial charge in [0.05, 0.1) is 0 Å². The van der Waals surface area contributed by atoms with E-state index in [1.165, 1.54) is 0 Å². The SMILES string of the molecule is O=C(Nc1ccc(C(=O)O)c(OC(F)(F)F)c1)OCC1c2ccccc2-c2ccccc21. The third-order valence-corrected chi connectivity index (χ3v) is 5.03. The third-order valence-electron chi connectivity index (χ3n) is 5.03. The van der Waals surface area contributed by atoms with Crippen LogP contribution in [0.5, 0.6) is 5.75 Å². The number of amides is 1. The number of hydrogen-bond acceptors (Lipinski definition) is 4. The van der Waals surface area contributed by atoms with E-state index >= 15 is 0 Å².